The number of rotatable bonds is 5. The standard InChI is InChI=1S/C24H26N6O2/c31-23(14-18-7-10-25-11-8-18)30-12-3-6-21(30)16-29-17-22(26-27-29)24(32)28-13-9-19-4-1-2-5-20(19)15-28/h1-2,4-5,7-8,10-11,17,21H,3,6,9,12-16H2/t21-/m0/s1. The molecule has 0 bridgehead atoms. The number of amides is 2. The highest BCUT2D eigenvalue weighted by atomic mass is 16.2. The summed E-state index contributed by atoms with van der Waals surface area (Å²) in [7, 11) is 0. The number of pyridine rings is 1. The van der Waals surface area contributed by atoms with Gasteiger partial charge < -0.3 is 9.80 Å². The van der Waals surface area contributed by atoms with Crippen molar-refractivity contribution in [1.29, 1.82) is 0 Å². The van der Waals surface area contributed by atoms with Gasteiger partial charge in [0, 0.05) is 32.0 Å². The first-order valence-corrected chi connectivity index (χ1v) is 11.1. The molecule has 2 aromatic heterocycles. The highest BCUT2D eigenvalue weighted by Crippen LogP contribution is 2.22. The molecule has 0 radical (unpaired) electrons. The molecule has 0 spiro atoms. The lowest BCUT2D eigenvalue weighted by Gasteiger charge is -2.28. The Bertz CT molecular complexity index is 1110. The first-order chi connectivity index (χ1) is 15.7. The van der Waals surface area contributed by atoms with Crippen LogP contribution >= 0.6 is 0 Å². The number of carbonyl (C=O) groups is 2. The minimum atomic E-state index is -0.0946. The first kappa shape index (κ1) is 20.4. The molecule has 3 aromatic rings. The number of fused-ring (bicyclic) bond motifs is 1. The zero-order valence-corrected chi connectivity index (χ0v) is 17.9. The Balaban J connectivity index is 1.22. The van der Waals surface area contributed by atoms with E-state index in [4.69, 9.17) is 0 Å². The second-order valence-electron chi connectivity index (χ2n) is 8.49. The molecule has 2 aliphatic rings. The Morgan fingerprint density at radius 3 is 2.69 bits per heavy atom. The Kier molecular flexibility index (Phi) is 5.66. The fourth-order valence-corrected chi connectivity index (χ4v) is 4.66. The Morgan fingerprint density at radius 1 is 1.03 bits per heavy atom. The SMILES string of the molecule is O=C(c1cn(C[C@@H]2CCCN2C(=O)Cc2ccncc2)nn1)N1CCc2ccccc2C1. The van der Waals surface area contributed by atoms with Gasteiger partial charge in [-0.25, -0.2) is 4.68 Å². The molecule has 1 aromatic carbocycles. The van der Waals surface area contributed by atoms with Crippen LogP contribution in [0, 0.1) is 0 Å². The summed E-state index contributed by atoms with van der Waals surface area (Å²) in [6.07, 6.45) is 8.25. The molecule has 0 N–H and O–H groups in total. The lowest BCUT2D eigenvalue weighted by molar-refractivity contribution is -0.131. The highest BCUT2D eigenvalue weighted by Gasteiger charge is 2.30. The van der Waals surface area contributed by atoms with Crippen LogP contribution in [0.25, 0.3) is 0 Å². The van der Waals surface area contributed by atoms with Crippen LogP contribution < -0.4 is 0 Å². The summed E-state index contributed by atoms with van der Waals surface area (Å²) in [6, 6.07) is 12.0. The van der Waals surface area contributed by atoms with Crippen LogP contribution in [0.15, 0.2) is 55.0 Å². The predicted molar refractivity (Wildman–Crippen MR) is 118 cm³/mol. The average molecular weight is 431 g/mol. The van der Waals surface area contributed by atoms with Crippen molar-refractivity contribution in [3.05, 3.63) is 77.4 Å². The van der Waals surface area contributed by atoms with Gasteiger partial charge >= 0.3 is 0 Å². The Morgan fingerprint density at radius 2 is 1.84 bits per heavy atom. The van der Waals surface area contributed by atoms with Crippen molar-refractivity contribution >= 4 is 11.8 Å². The lowest BCUT2D eigenvalue weighted by Crippen LogP contribution is -2.39. The topological polar surface area (TPSA) is 84.2 Å². The molecule has 5 rings (SSSR count). The van der Waals surface area contributed by atoms with E-state index in [1.807, 2.05) is 34.1 Å². The van der Waals surface area contributed by atoms with Crippen molar-refractivity contribution in [3.63, 3.8) is 0 Å². The number of hydrogen-bond acceptors (Lipinski definition) is 5. The molecule has 32 heavy (non-hydrogen) atoms. The molecule has 0 unspecified atom stereocenters. The van der Waals surface area contributed by atoms with E-state index in [1.54, 1.807) is 23.3 Å². The lowest BCUT2D eigenvalue weighted by atomic mass is 10.00. The van der Waals surface area contributed by atoms with Crippen molar-refractivity contribution in [3.8, 4) is 0 Å². The minimum absolute atomic E-state index is 0.0656. The van der Waals surface area contributed by atoms with E-state index in [0.717, 1.165) is 31.4 Å². The number of aromatic nitrogens is 4. The molecule has 2 aliphatic heterocycles. The van der Waals surface area contributed by atoms with Crippen LogP contribution in [0.3, 0.4) is 0 Å². The van der Waals surface area contributed by atoms with Gasteiger partial charge in [-0.2, -0.15) is 0 Å². The van der Waals surface area contributed by atoms with Gasteiger partial charge in [0.2, 0.25) is 5.91 Å². The third-order valence-electron chi connectivity index (χ3n) is 6.38. The van der Waals surface area contributed by atoms with Gasteiger partial charge in [-0.3, -0.25) is 14.6 Å². The van der Waals surface area contributed by atoms with E-state index in [2.05, 4.69) is 27.4 Å². The zero-order valence-electron chi connectivity index (χ0n) is 17.9. The van der Waals surface area contributed by atoms with E-state index in [9.17, 15) is 9.59 Å². The molecular formula is C24H26N6O2. The van der Waals surface area contributed by atoms with Gasteiger partial charge in [-0.05, 0) is 48.1 Å². The Labute approximate surface area is 186 Å². The van der Waals surface area contributed by atoms with Crippen molar-refractivity contribution in [1.82, 2.24) is 29.8 Å². The van der Waals surface area contributed by atoms with E-state index in [-0.39, 0.29) is 17.9 Å². The smallest absolute Gasteiger partial charge is 0.276 e. The van der Waals surface area contributed by atoms with Crippen molar-refractivity contribution in [2.24, 2.45) is 0 Å². The minimum Gasteiger partial charge on any atom is -0.338 e. The Hall–Kier alpha value is -3.55. The largest absolute Gasteiger partial charge is 0.338 e. The molecule has 164 valence electrons. The quantitative estimate of drug-likeness (QED) is 0.619. The van der Waals surface area contributed by atoms with E-state index < -0.39 is 0 Å². The molecule has 8 heteroatoms. The number of nitrogens with zero attached hydrogens (tertiary/aromatic N) is 6. The third kappa shape index (κ3) is 4.26. The van der Waals surface area contributed by atoms with Crippen LogP contribution in [0.5, 0.6) is 0 Å². The summed E-state index contributed by atoms with van der Waals surface area (Å²) in [6.45, 7) is 2.58. The maximum absolute atomic E-state index is 13.0. The number of likely N-dealkylation sites (tertiary alicyclic amines) is 1. The molecule has 2 amide bonds. The molecule has 8 nitrogen and oxygen atoms in total. The van der Waals surface area contributed by atoms with Crippen LogP contribution in [0.1, 0.15) is 40.0 Å². The van der Waals surface area contributed by atoms with Gasteiger partial charge in [-0.1, -0.05) is 29.5 Å². The number of hydrogen-bond donors (Lipinski definition) is 0. The highest BCUT2D eigenvalue weighted by molar-refractivity contribution is 5.92. The van der Waals surface area contributed by atoms with E-state index in [0.29, 0.717) is 31.7 Å². The van der Waals surface area contributed by atoms with Crippen molar-refractivity contribution < 1.29 is 9.59 Å². The predicted octanol–water partition coefficient (Wildman–Crippen LogP) is 2.11. The normalized spacial score (nSPS) is 17.9. The average Bonchev–Trinajstić information content (AvgIpc) is 3.49. The number of carbonyl (C=O) groups excluding carboxylic acids is 2. The van der Waals surface area contributed by atoms with Crippen molar-refractivity contribution in [2.75, 3.05) is 13.1 Å². The fourth-order valence-electron chi connectivity index (χ4n) is 4.66. The maximum Gasteiger partial charge on any atom is 0.276 e. The molecule has 1 fully saturated rings. The second kappa shape index (κ2) is 8.90. The molecule has 1 atom stereocenters. The monoisotopic (exact) mass is 430 g/mol. The van der Waals surface area contributed by atoms with Crippen LogP contribution in [0.4, 0.5) is 0 Å². The summed E-state index contributed by atoms with van der Waals surface area (Å²) in [5, 5.41) is 8.33. The fraction of sp³-hybridized carbons (Fsp3) is 0.375. The molecule has 0 saturated carbocycles. The third-order valence-corrected chi connectivity index (χ3v) is 6.38. The molecule has 1 saturated heterocycles. The first-order valence-electron chi connectivity index (χ1n) is 11.1. The number of benzene rings is 1. The second-order valence-corrected chi connectivity index (χ2v) is 8.49. The molecular weight excluding hydrogens is 404 g/mol. The van der Waals surface area contributed by atoms with Gasteiger partial charge in [0.05, 0.1) is 25.2 Å². The molecule has 4 heterocycles. The zero-order chi connectivity index (χ0) is 21.9. The summed E-state index contributed by atoms with van der Waals surface area (Å²) >= 11 is 0. The van der Waals surface area contributed by atoms with Crippen LogP contribution in [-0.2, 0) is 30.7 Å². The summed E-state index contributed by atoms with van der Waals surface area (Å²) in [4.78, 5) is 33.6. The summed E-state index contributed by atoms with van der Waals surface area (Å²) in [5.41, 5.74) is 3.82. The van der Waals surface area contributed by atoms with Gasteiger partial charge in [0.1, 0.15) is 0 Å². The van der Waals surface area contributed by atoms with Crippen molar-refractivity contribution in [2.45, 2.75) is 44.8 Å². The summed E-state index contributed by atoms with van der Waals surface area (Å²) in [5.74, 6) is 0.0184. The van der Waals surface area contributed by atoms with Gasteiger partial charge in [0.15, 0.2) is 5.69 Å². The maximum atomic E-state index is 13.0. The van der Waals surface area contributed by atoms with E-state index >= 15 is 0 Å². The van der Waals surface area contributed by atoms with Crippen LogP contribution in [0.2, 0.25) is 0 Å². The molecule has 0 aliphatic carbocycles. The van der Waals surface area contributed by atoms with Gasteiger partial charge in [-0.15, -0.1) is 5.10 Å². The van der Waals surface area contributed by atoms with Gasteiger partial charge in [0.25, 0.3) is 5.91 Å². The van der Waals surface area contributed by atoms with E-state index in [1.165, 1.54) is 11.1 Å². The van der Waals surface area contributed by atoms with Crippen LogP contribution in [-0.4, -0.2) is 60.7 Å². The summed E-state index contributed by atoms with van der Waals surface area (Å²) < 4.78 is 1.70.